The van der Waals surface area contributed by atoms with Crippen molar-refractivity contribution in [3.05, 3.63) is 70.2 Å². The standard InChI is InChI=1S/C42H61ClN4O4/c1-8-14-17-19-31-21-26-38(32(28-31)20-18-15-9-2)51-37(11-4)41(49)45-35-29-36(30(7)39(43)40(35)48)47(42(50)44-27-16-10-3)34-24-22-33(23-25-34)46(12-5)13-6/h21-26,28-29,37,48H,8-20,27H2,1-7H3,(H,44,50)(H,45,49). The van der Waals surface area contributed by atoms with E-state index in [2.05, 4.69) is 62.3 Å². The maximum atomic E-state index is 13.8. The van der Waals surface area contributed by atoms with Crippen molar-refractivity contribution in [3.8, 4) is 11.5 Å². The maximum absolute atomic E-state index is 13.8. The van der Waals surface area contributed by atoms with Crippen molar-refractivity contribution in [2.24, 2.45) is 0 Å². The molecule has 3 aromatic rings. The quantitative estimate of drug-likeness (QED) is 0.0752. The molecule has 0 aromatic heterocycles. The minimum Gasteiger partial charge on any atom is -0.504 e. The normalized spacial score (nSPS) is 11.6. The zero-order valence-electron chi connectivity index (χ0n) is 32.0. The van der Waals surface area contributed by atoms with Gasteiger partial charge in [-0.2, -0.15) is 0 Å². The fourth-order valence-electron chi connectivity index (χ4n) is 6.20. The molecule has 3 N–H and O–H groups in total. The molecule has 0 aliphatic carbocycles. The molecule has 0 bridgehead atoms. The van der Waals surface area contributed by atoms with Gasteiger partial charge in [0.2, 0.25) is 0 Å². The number of aryl methyl sites for hydroxylation is 2. The summed E-state index contributed by atoms with van der Waals surface area (Å²) >= 11 is 6.73. The van der Waals surface area contributed by atoms with E-state index in [0.717, 1.165) is 75.7 Å². The molecule has 0 heterocycles. The van der Waals surface area contributed by atoms with Gasteiger partial charge in [-0.3, -0.25) is 9.69 Å². The lowest BCUT2D eigenvalue weighted by Crippen LogP contribution is -2.38. The number of phenolic OH excluding ortho intramolecular Hbond substituents is 1. The molecule has 0 aliphatic rings. The van der Waals surface area contributed by atoms with Crippen molar-refractivity contribution in [1.82, 2.24) is 5.32 Å². The van der Waals surface area contributed by atoms with Gasteiger partial charge >= 0.3 is 6.03 Å². The maximum Gasteiger partial charge on any atom is 0.326 e. The molecular formula is C42H61ClN4O4. The highest BCUT2D eigenvalue weighted by Crippen LogP contribution is 2.43. The van der Waals surface area contributed by atoms with Crippen molar-refractivity contribution in [2.45, 2.75) is 125 Å². The molecule has 3 amide bonds. The van der Waals surface area contributed by atoms with Gasteiger partial charge in [0.15, 0.2) is 11.9 Å². The first-order valence-electron chi connectivity index (χ1n) is 19.2. The van der Waals surface area contributed by atoms with Gasteiger partial charge < -0.3 is 25.4 Å². The molecule has 0 saturated heterocycles. The van der Waals surface area contributed by atoms with Crippen LogP contribution in [-0.2, 0) is 17.6 Å². The molecule has 1 atom stereocenters. The van der Waals surface area contributed by atoms with Crippen LogP contribution in [0.1, 0.15) is 116 Å². The number of amides is 3. The molecule has 3 aromatic carbocycles. The number of carbonyl (C=O) groups is 2. The zero-order valence-corrected chi connectivity index (χ0v) is 32.8. The second-order valence-electron chi connectivity index (χ2n) is 13.2. The second-order valence-corrected chi connectivity index (χ2v) is 13.6. The summed E-state index contributed by atoms with van der Waals surface area (Å²) in [5.41, 5.74) is 5.14. The van der Waals surface area contributed by atoms with Crippen molar-refractivity contribution in [1.29, 1.82) is 0 Å². The first-order valence-corrected chi connectivity index (χ1v) is 19.6. The summed E-state index contributed by atoms with van der Waals surface area (Å²) in [6, 6.07) is 15.4. The molecular weight excluding hydrogens is 660 g/mol. The van der Waals surface area contributed by atoms with Crippen molar-refractivity contribution in [3.63, 3.8) is 0 Å². The minimum atomic E-state index is -0.815. The van der Waals surface area contributed by atoms with Crippen LogP contribution in [-0.4, -0.2) is 42.8 Å². The summed E-state index contributed by atoms with van der Waals surface area (Å²) in [6.45, 7) is 16.6. The van der Waals surface area contributed by atoms with Crippen LogP contribution in [0.2, 0.25) is 5.02 Å². The highest BCUT2D eigenvalue weighted by molar-refractivity contribution is 6.34. The molecule has 0 aliphatic heterocycles. The summed E-state index contributed by atoms with van der Waals surface area (Å²) in [6.07, 6.45) is 10.1. The lowest BCUT2D eigenvalue weighted by molar-refractivity contribution is -0.122. The predicted molar refractivity (Wildman–Crippen MR) is 215 cm³/mol. The Hall–Kier alpha value is -3.91. The molecule has 0 spiro atoms. The van der Waals surface area contributed by atoms with Crippen LogP contribution in [0, 0.1) is 6.92 Å². The molecule has 3 rings (SSSR count). The van der Waals surface area contributed by atoms with Crippen LogP contribution < -0.4 is 25.2 Å². The summed E-state index contributed by atoms with van der Waals surface area (Å²) in [5, 5.41) is 17.1. The molecule has 280 valence electrons. The number of ether oxygens (including phenoxy) is 1. The van der Waals surface area contributed by atoms with E-state index in [4.69, 9.17) is 16.3 Å². The number of nitrogens with one attached hydrogen (secondary N) is 2. The predicted octanol–water partition coefficient (Wildman–Crippen LogP) is 11.1. The van der Waals surface area contributed by atoms with E-state index in [-0.39, 0.29) is 22.5 Å². The zero-order chi connectivity index (χ0) is 37.3. The number of benzene rings is 3. The number of urea groups is 1. The van der Waals surface area contributed by atoms with Crippen LogP contribution in [0.25, 0.3) is 0 Å². The Morgan fingerprint density at radius 3 is 2.06 bits per heavy atom. The number of halogens is 1. The Labute approximate surface area is 311 Å². The summed E-state index contributed by atoms with van der Waals surface area (Å²) in [4.78, 5) is 31.4. The summed E-state index contributed by atoms with van der Waals surface area (Å²) in [7, 11) is 0. The highest BCUT2D eigenvalue weighted by atomic mass is 35.5. The minimum absolute atomic E-state index is 0.0553. The Kier molecular flexibility index (Phi) is 17.5. The van der Waals surface area contributed by atoms with Gasteiger partial charge in [-0.1, -0.05) is 83.5 Å². The largest absolute Gasteiger partial charge is 0.504 e. The van der Waals surface area contributed by atoms with Crippen LogP contribution in [0.15, 0.2) is 48.5 Å². The van der Waals surface area contributed by atoms with E-state index < -0.39 is 12.0 Å². The number of unbranched alkanes of at least 4 members (excludes halogenated alkanes) is 5. The first kappa shape index (κ1) is 41.5. The number of phenols is 1. The van der Waals surface area contributed by atoms with Gasteiger partial charge in [-0.15, -0.1) is 0 Å². The lowest BCUT2D eigenvalue weighted by atomic mass is 10.00. The number of carbonyl (C=O) groups excluding carboxylic acids is 2. The van der Waals surface area contributed by atoms with Gasteiger partial charge in [-0.05, 0) is 112 Å². The monoisotopic (exact) mass is 720 g/mol. The SMILES string of the molecule is CCCCCc1ccc(OC(CC)C(=O)Nc2cc(N(C(=O)NCCCC)c3ccc(N(CC)CC)cc3)c(C)c(Cl)c2O)c(CCCCC)c1. The topological polar surface area (TPSA) is 94.1 Å². The number of hydrogen-bond acceptors (Lipinski definition) is 5. The van der Waals surface area contributed by atoms with E-state index in [0.29, 0.717) is 35.7 Å². The molecule has 0 radical (unpaired) electrons. The fourth-order valence-corrected chi connectivity index (χ4v) is 6.40. The van der Waals surface area contributed by atoms with Gasteiger partial charge in [0.05, 0.1) is 22.1 Å². The third-order valence-electron chi connectivity index (χ3n) is 9.38. The molecule has 9 heteroatoms. The Morgan fingerprint density at radius 1 is 0.824 bits per heavy atom. The van der Waals surface area contributed by atoms with E-state index in [1.165, 1.54) is 18.4 Å². The lowest BCUT2D eigenvalue weighted by Gasteiger charge is -2.28. The number of nitrogens with zero attached hydrogens (tertiary/aromatic N) is 2. The number of anilines is 4. The summed E-state index contributed by atoms with van der Waals surface area (Å²) in [5.74, 6) is 0.0380. The third kappa shape index (κ3) is 11.5. The van der Waals surface area contributed by atoms with Crippen LogP contribution in [0.3, 0.4) is 0 Å². The Morgan fingerprint density at radius 2 is 1.45 bits per heavy atom. The van der Waals surface area contributed by atoms with Crippen molar-refractivity contribution >= 4 is 46.3 Å². The second kappa shape index (κ2) is 21.5. The molecule has 0 fully saturated rings. The van der Waals surface area contributed by atoms with Gasteiger partial charge in [0.25, 0.3) is 5.91 Å². The van der Waals surface area contributed by atoms with Gasteiger partial charge in [0, 0.05) is 25.3 Å². The van der Waals surface area contributed by atoms with Crippen LogP contribution in [0.4, 0.5) is 27.5 Å². The number of rotatable bonds is 21. The average molecular weight is 721 g/mol. The van der Waals surface area contributed by atoms with E-state index in [1.54, 1.807) is 17.9 Å². The molecule has 0 saturated carbocycles. The van der Waals surface area contributed by atoms with Gasteiger partial charge in [0.1, 0.15) is 5.75 Å². The smallest absolute Gasteiger partial charge is 0.326 e. The summed E-state index contributed by atoms with van der Waals surface area (Å²) < 4.78 is 6.42. The van der Waals surface area contributed by atoms with Gasteiger partial charge in [-0.25, -0.2) is 4.79 Å². The number of hydrogen-bond donors (Lipinski definition) is 3. The van der Waals surface area contributed by atoms with Crippen molar-refractivity contribution < 1.29 is 19.4 Å². The number of aromatic hydroxyl groups is 1. The van der Waals surface area contributed by atoms with E-state index in [1.807, 2.05) is 37.3 Å². The fraction of sp³-hybridized carbons (Fsp3) is 0.524. The van der Waals surface area contributed by atoms with E-state index >= 15 is 0 Å². The molecule has 1 unspecified atom stereocenters. The Bertz CT molecular complexity index is 1540. The molecule has 51 heavy (non-hydrogen) atoms. The first-order chi connectivity index (χ1) is 24.6. The average Bonchev–Trinajstić information content (AvgIpc) is 3.13. The van der Waals surface area contributed by atoms with Crippen LogP contribution >= 0.6 is 11.6 Å². The van der Waals surface area contributed by atoms with E-state index in [9.17, 15) is 14.7 Å². The van der Waals surface area contributed by atoms with Crippen LogP contribution in [0.5, 0.6) is 11.5 Å². The van der Waals surface area contributed by atoms with Crippen molar-refractivity contribution in [2.75, 3.05) is 34.8 Å². The highest BCUT2D eigenvalue weighted by Gasteiger charge is 2.27. The molecule has 8 nitrogen and oxygen atoms in total. The third-order valence-corrected chi connectivity index (χ3v) is 9.84. The Balaban J connectivity index is 1.97.